The van der Waals surface area contributed by atoms with Crippen molar-refractivity contribution >= 4 is 48.1 Å². The van der Waals surface area contributed by atoms with Gasteiger partial charge in [0.1, 0.15) is 0 Å². The molecule has 0 rings (SSSR count). The summed E-state index contributed by atoms with van der Waals surface area (Å²) in [5.41, 5.74) is 0. The van der Waals surface area contributed by atoms with E-state index in [1.54, 1.807) is 0 Å². The second-order valence-electron chi connectivity index (χ2n) is 4.43. The van der Waals surface area contributed by atoms with E-state index in [9.17, 15) is 8.42 Å². The molecule has 20 heavy (non-hydrogen) atoms. The van der Waals surface area contributed by atoms with Crippen LogP contribution in [0.25, 0.3) is 0 Å². The van der Waals surface area contributed by atoms with Crippen molar-refractivity contribution in [2.75, 3.05) is 6.61 Å². The quantitative estimate of drug-likeness (QED) is 0.299. The predicted octanol–water partition coefficient (Wildman–Crippen LogP) is 0.685. The number of rotatable bonds is 12. The van der Waals surface area contributed by atoms with Crippen molar-refractivity contribution in [3.63, 3.8) is 0 Å². The molecule has 0 aromatic heterocycles. The summed E-state index contributed by atoms with van der Waals surface area (Å²) in [5, 5.41) is 0. The van der Waals surface area contributed by atoms with Crippen LogP contribution in [0, 0.1) is 0 Å². The van der Waals surface area contributed by atoms with Crippen LogP contribution in [0.5, 0.6) is 0 Å². The topological polar surface area (TPSA) is 63.6 Å². The molecule has 0 aliphatic heterocycles. The van der Waals surface area contributed by atoms with Crippen LogP contribution in [-0.2, 0) is 34.1 Å². The molecule has 0 aromatic carbocycles. The fraction of sp³-hybridized carbons (Fsp3) is 1.00. The summed E-state index contributed by atoms with van der Waals surface area (Å²) in [4.78, 5) is 0. The molecule has 0 atom stereocenters. The third-order valence-corrected chi connectivity index (χ3v) is 3.19. The first kappa shape index (κ1) is 30.6. The molecule has 112 valence electrons. The van der Waals surface area contributed by atoms with E-state index >= 15 is 0 Å². The van der Waals surface area contributed by atoms with Gasteiger partial charge in [-0.3, -0.25) is 4.55 Å². The van der Waals surface area contributed by atoms with Gasteiger partial charge in [-0.15, -0.1) is 0 Å². The zero-order valence-electron chi connectivity index (χ0n) is 16.3. The average molecular weight is 398 g/mol. The van der Waals surface area contributed by atoms with Crippen LogP contribution < -0.4 is 29.6 Å². The third-order valence-electron chi connectivity index (χ3n) is 2.73. The van der Waals surface area contributed by atoms with E-state index in [4.69, 9.17) is 4.55 Å². The maximum absolute atomic E-state index is 10.2. The largest absolute Gasteiger partial charge is 2.00 e. The molecule has 0 heterocycles. The molecule has 4 nitrogen and oxygen atoms in total. The minimum atomic E-state index is -4.23. The van der Waals surface area contributed by atoms with E-state index in [2.05, 4.69) is 11.1 Å². The molecule has 0 aromatic rings. The minimum Gasteiger partial charge on any atom is -1.00 e. The molecule has 0 radical (unpaired) electrons. The number of hydrogen-bond acceptors (Lipinski definition) is 3. The maximum Gasteiger partial charge on any atom is 2.00 e. The van der Waals surface area contributed by atoms with E-state index in [-0.39, 0.29) is 97.7 Å². The van der Waals surface area contributed by atoms with Gasteiger partial charge in [-0.25, -0.2) is 4.18 Å². The van der Waals surface area contributed by atoms with Gasteiger partial charge in [-0.2, -0.15) is 8.42 Å². The molecule has 0 saturated heterocycles. The Balaban J connectivity index is -0.0000000853. The van der Waals surface area contributed by atoms with E-state index in [0.717, 1.165) is 12.8 Å². The fourth-order valence-corrected chi connectivity index (χ4v) is 2.08. The summed E-state index contributed by atoms with van der Waals surface area (Å²) in [7, 11) is -4.23. The van der Waals surface area contributed by atoms with Crippen LogP contribution in [0.2, 0.25) is 0 Å². The first-order chi connectivity index (χ1) is 8.06. The standard InChI is InChI=1S/C12H26O4S.Ca.Na.Zn.3H/c1-2-3-4-5-6-7-8-9-10-11-12-16-17(13,14)15;;;;;;/h2-12H2,1H3,(H,13,14,15);;;;;;/q;+2;+1;;3*-1. The van der Waals surface area contributed by atoms with Crippen LogP contribution >= 0.6 is 0 Å². The van der Waals surface area contributed by atoms with Crippen molar-refractivity contribution in [1.29, 1.82) is 0 Å². The van der Waals surface area contributed by atoms with E-state index in [1.165, 1.54) is 44.9 Å². The van der Waals surface area contributed by atoms with Crippen molar-refractivity contribution in [1.82, 2.24) is 0 Å². The smallest absolute Gasteiger partial charge is 1.00 e. The molecule has 1 N–H and O–H groups in total. The maximum atomic E-state index is 10.2. The predicted molar refractivity (Wildman–Crippen MR) is 78.4 cm³/mol. The van der Waals surface area contributed by atoms with Crippen molar-refractivity contribution in [3.8, 4) is 0 Å². The summed E-state index contributed by atoms with van der Waals surface area (Å²) < 4.78 is 33.0. The molecule has 0 fully saturated rings. The molecule has 0 aliphatic rings. The SMILES string of the molecule is CCCCCCCCCCCCOS(=O)(=O)O.[Ca+2].[H-].[H-].[H-].[Na+].[Zn]. The van der Waals surface area contributed by atoms with Gasteiger partial charge in [-0.1, -0.05) is 64.7 Å². The van der Waals surface area contributed by atoms with Gasteiger partial charge in [0.15, 0.2) is 0 Å². The Kier molecular flexibility index (Phi) is 33.3. The molecular formula is C12H29CaNaO4SZn. The molecule has 0 unspecified atom stereocenters. The third kappa shape index (κ3) is 28.9. The Hall–Kier alpha value is 2.75. The van der Waals surface area contributed by atoms with E-state index in [1.807, 2.05) is 0 Å². The average Bonchev–Trinajstić information content (AvgIpc) is 2.24. The molecule has 0 aliphatic carbocycles. The van der Waals surface area contributed by atoms with Crippen molar-refractivity contribution in [2.45, 2.75) is 71.1 Å². The molecular weight excluding hydrogens is 369 g/mol. The van der Waals surface area contributed by atoms with E-state index in [0.29, 0.717) is 6.42 Å². The Bertz CT molecular complexity index is 279. The normalized spacial score (nSPS) is 10.1. The molecule has 0 bridgehead atoms. The van der Waals surface area contributed by atoms with Gasteiger partial charge < -0.3 is 4.28 Å². The summed E-state index contributed by atoms with van der Waals surface area (Å²) >= 11 is 0. The second kappa shape index (κ2) is 21.8. The number of unbranched alkanes of at least 4 members (excludes halogenated alkanes) is 9. The van der Waals surface area contributed by atoms with Crippen molar-refractivity contribution < 1.29 is 70.5 Å². The summed E-state index contributed by atoms with van der Waals surface area (Å²) in [6.07, 6.45) is 11.9. The van der Waals surface area contributed by atoms with Gasteiger partial charge in [0, 0.05) is 19.5 Å². The number of hydrogen-bond donors (Lipinski definition) is 1. The van der Waals surface area contributed by atoms with Crippen LogP contribution in [0.3, 0.4) is 0 Å². The zero-order chi connectivity index (χ0) is 13.0. The monoisotopic (exact) mass is 396 g/mol. The van der Waals surface area contributed by atoms with E-state index < -0.39 is 10.4 Å². The van der Waals surface area contributed by atoms with Crippen LogP contribution in [0.15, 0.2) is 0 Å². The molecule has 0 spiro atoms. The first-order valence-corrected chi connectivity index (χ1v) is 8.04. The van der Waals surface area contributed by atoms with Gasteiger partial charge in [0.25, 0.3) is 0 Å². The molecule has 8 heteroatoms. The fourth-order valence-electron chi connectivity index (χ4n) is 1.75. The summed E-state index contributed by atoms with van der Waals surface area (Å²) in [6, 6.07) is 0. The van der Waals surface area contributed by atoms with Gasteiger partial charge in [0.2, 0.25) is 0 Å². The zero-order valence-corrected chi connectivity index (χ0v) is 21.3. The Morgan fingerprint density at radius 3 is 1.60 bits per heavy atom. The van der Waals surface area contributed by atoms with Crippen molar-refractivity contribution in [3.05, 3.63) is 0 Å². The second-order valence-corrected chi connectivity index (χ2v) is 5.52. The summed E-state index contributed by atoms with van der Waals surface area (Å²) in [5.74, 6) is 0. The Morgan fingerprint density at radius 2 is 1.25 bits per heavy atom. The Morgan fingerprint density at radius 1 is 0.900 bits per heavy atom. The molecule has 0 saturated carbocycles. The first-order valence-electron chi connectivity index (χ1n) is 6.68. The Labute approximate surface area is 194 Å². The van der Waals surface area contributed by atoms with Crippen LogP contribution in [-0.4, -0.2) is 57.3 Å². The molecule has 0 amide bonds. The van der Waals surface area contributed by atoms with Crippen LogP contribution in [0.1, 0.15) is 75.4 Å². The van der Waals surface area contributed by atoms with Gasteiger partial charge >= 0.3 is 77.7 Å². The van der Waals surface area contributed by atoms with Crippen molar-refractivity contribution in [2.24, 2.45) is 0 Å². The minimum absolute atomic E-state index is 0. The van der Waals surface area contributed by atoms with Crippen LogP contribution in [0.4, 0.5) is 0 Å². The summed E-state index contributed by atoms with van der Waals surface area (Å²) in [6.45, 7) is 2.31. The van der Waals surface area contributed by atoms with Gasteiger partial charge in [-0.05, 0) is 6.42 Å². The van der Waals surface area contributed by atoms with Gasteiger partial charge in [0.05, 0.1) is 6.61 Å².